The zero-order chi connectivity index (χ0) is 25.2. The van der Waals surface area contributed by atoms with E-state index < -0.39 is 6.04 Å². The summed E-state index contributed by atoms with van der Waals surface area (Å²) in [5.74, 6) is 0.503. The molecule has 0 saturated heterocycles. The highest BCUT2D eigenvalue weighted by atomic mass is 79.9. The summed E-state index contributed by atoms with van der Waals surface area (Å²) in [6.07, 6.45) is 0.417. The number of carbonyl (C=O) groups excluding carboxylic acids is 2. The molecule has 184 valence electrons. The Hall–Kier alpha value is -3.12. The second-order valence-corrected chi connectivity index (χ2v) is 9.95. The van der Waals surface area contributed by atoms with Gasteiger partial charge in [-0.1, -0.05) is 84.4 Å². The summed E-state index contributed by atoms with van der Waals surface area (Å²) in [4.78, 5) is 28.7. The van der Waals surface area contributed by atoms with Crippen molar-refractivity contribution in [2.75, 3.05) is 13.2 Å². The molecule has 0 aliphatic heterocycles. The van der Waals surface area contributed by atoms with Crippen LogP contribution in [0.25, 0.3) is 0 Å². The van der Waals surface area contributed by atoms with Crippen LogP contribution in [0.3, 0.4) is 0 Å². The van der Waals surface area contributed by atoms with Crippen molar-refractivity contribution >= 4 is 27.7 Å². The third-order valence-electron chi connectivity index (χ3n) is 5.73. The fraction of sp³-hybridized carbons (Fsp3) is 0.310. The first-order chi connectivity index (χ1) is 16.8. The second kappa shape index (κ2) is 13.1. The lowest BCUT2D eigenvalue weighted by Gasteiger charge is -2.32. The van der Waals surface area contributed by atoms with E-state index in [0.29, 0.717) is 31.2 Å². The number of hydrogen-bond donors (Lipinski definition) is 1. The van der Waals surface area contributed by atoms with Gasteiger partial charge in [0.1, 0.15) is 11.8 Å². The SMILES string of the molecule is Cc1ccccc1CN(C(=O)COc1ccc(Br)cc1)[C@H](Cc1ccccc1)C(=O)NCC(C)C. The molecule has 0 bridgehead atoms. The van der Waals surface area contributed by atoms with Crippen LogP contribution in [0.1, 0.15) is 30.5 Å². The topological polar surface area (TPSA) is 58.6 Å². The number of aryl methyl sites for hydroxylation is 1. The summed E-state index contributed by atoms with van der Waals surface area (Å²) in [5, 5.41) is 3.04. The van der Waals surface area contributed by atoms with Gasteiger partial charge in [0.05, 0.1) is 0 Å². The van der Waals surface area contributed by atoms with E-state index in [1.807, 2.05) is 73.7 Å². The molecule has 2 amide bonds. The van der Waals surface area contributed by atoms with Gasteiger partial charge in [-0.25, -0.2) is 0 Å². The van der Waals surface area contributed by atoms with Gasteiger partial charge in [-0.05, 0) is 53.8 Å². The Kier molecular flexibility index (Phi) is 9.91. The van der Waals surface area contributed by atoms with Crippen LogP contribution in [0.4, 0.5) is 0 Å². The number of amides is 2. The lowest BCUT2D eigenvalue weighted by Crippen LogP contribution is -2.52. The van der Waals surface area contributed by atoms with Gasteiger partial charge in [0.25, 0.3) is 5.91 Å². The number of nitrogens with zero attached hydrogens (tertiary/aromatic N) is 1. The molecular formula is C29H33BrN2O3. The number of benzene rings is 3. The highest BCUT2D eigenvalue weighted by Gasteiger charge is 2.31. The molecule has 1 N–H and O–H groups in total. The molecule has 0 fully saturated rings. The van der Waals surface area contributed by atoms with Gasteiger partial charge in [0, 0.05) is 24.0 Å². The number of ether oxygens (including phenoxy) is 1. The Bertz CT molecular complexity index is 1100. The van der Waals surface area contributed by atoms with Gasteiger partial charge < -0.3 is 15.0 Å². The van der Waals surface area contributed by atoms with Gasteiger partial charge in [-0.15, -0.1) is 0 Å². The number of halogens is 1. The Balaban J connectivity index is 1.90. The quantitative estimate of drug-likeness (QED) is 0.349. The third-order valence-corrected chi connectivity index (χ3v) is 6.26. The summed E-state index contributed by atoms with van der Waals surface area (Å²) in [7, 11) is 0. The molecule has 0 spiro atoms. The lowest BCUT2D eigenvalue weighted by molar-refractivity contribution is -0.142. The van der Waals surface area contributed by atoms with Crippen LogP contribution in [-0.2, 0) is 22.6 Å². The summed E-state index contributed by atoms with van der Waals surface area (Å²) in [5.41, 5.74) is 3.06. The van der Waals surface area contributed by atoms with Gasteiger partial charge >= 0.3 is 0 Å². The standard InChI is InChI=1S/C29H33BrN2O3/c1-21(2)18-31-29(34)27(17-23-10-5-4-6-11-23)32(19-24-12-8-7-9-22(24)3)28(33)20-35-26-15-13-25(30)14-16-26/h4-16,21,27H,17-20H2,1-3H3,(H,31,34)/t27-/m1/s1. The molecule has 3 rings (SSSR count). The largest absolute Gasteiger partial charge is 0.484 e. The molecule has 0 aliphatic carbocycles. The van der Waals surface area contributed by atoms with Gasteiger partial charge in [0.15, 0.2) is 6.61 Å². The highest BCUT2D eigenvalue weighted by molar-refractivity contribution is 9.10. The van der Waals surface area contributed by atoms with Gasteiger partial charge in [0.2, 0.25) is 5.91 Å². The zero-order valence-corrected chi connectivity index (χ0v) is 22.1. The minimum atomic E-state index is -0.670. The van der Waals surface area contributed by atoms with E-state index in [2.05, 4.69) is 35.1 Å². The summed E-state index contributed by atoms with van der Waals surface area (Å²) >= 11 is 3.41. The minimum Gasteiger partial charge on any atom is -0.484 e. The maximum Gasteiger partial charge on any atom is 0.261 e. The molecule has 0 saturated carbocycles. The van der Waals surface area contributed by atoms with Crippen molar-refractivity contribution in [3.05, 3.63) is 100 Å². The van der Waals surface area contributed by atoms with Crippen LogP contribution < -0.4 is 10.1 Å². The van der Waals surface area contributed by atoms with Crippen molar-refractivity contribution in [2.45, 2.75) is 39.8 Å². The minimum absolute atomic E-state index is 0.156. The van der Waals surface area contributed by atoms with E-state index in [4.69, 9.17) is 4.74 Å². The van der Waals surface area contributed by atoms with E-state index >= 15 is 0 Å². The number of rotatable bonds is 11. The molecule has 6 heteroatoms. The van der Waals surface area contributed by atoms with Gasteiger partial charge in [-0.3, -0.25) is 9.59 Å². The van der Waals surface area contributed by atoms with E-state index in [-0.39, 0.29) is 18.4 Å². The molecule has 35 heavy (non-hydrogen) atoms. The summed E-state index contributed by atoms with van der Waals surface area (Å²) < 4.78 is 6.74. The van der Waals surface area contributed by atoms with E-state index in [0.717, 1.165) is 21.2 Å². The smallest absolute Gasteiger partial charge is 0.261 e. The van der Waals surface area contributed by atoms with E-state index in [1.165, 1.54) is 0 Å². The number of carbonyl (C=O) groups is 2. The Morgan fingerprint density at radius 2 is 1.60 bits per heavy atom. The molecular weight excluding hydrogens is 504 g/mol. The van der Waals surface area contributed by atoms with Gasteiger partial charge in [-0.2, -0.15) is 0 Å². The normalized spacial score (nSPS) is 11.7. The molecule has 0 unspecified atom stereocenters. The lowest BCUT2D eigenvalue weighted by atomic mass is 10.0. The fourth-order valence-corrected chi connectivity index (χ4v) is 3.97. The van der Waals surface area contributed by atoms with Crippen molar-refractivity contribution in [2.24, 2.45) is 5.92 Å². The predicted molar refractivity (Wildman–Crippen MR) is 143 cm³/mol. The van der Waals surface area contributed by atoms with Crippen LogP contribution >= 0.6 is 15.9 Å². The molecule has 0 aromatic heterocycles. The molecule has 0 radical (unpaired) electrons. The second-order valence-electron chi connectivity index (χ2n) is 9.04. The Labute approximate surface area is 216 Å². The monoisotopic (exact) mass is 536 g/mol. The highest BCUT2D eigenvalue weighted by Crippen LogP contribution is 2.19. The van der Waals surface area contributed by atoms with Crippen LogP contribution in [0.2, 0.25) is 0 Å². The first-order valence-electron chi connectivity index (χ1n) is 11.9. The number of hydrogen-bond acceptors (Lipinski definition) is 3. The van der Waals surface area contributed by atoms with Crippen LogP contribution in [0.15, 0.2) is 83.3 Å². The first kappa shape index (κ1) is 26.5. The molecule has 3 aromatic carbocycles. The van der Waals surface area contributed by atoms with E-state index in [1.54, 1.807) is 17.0 Å². The maximum atomic E-state index is 13.6. The van der Waals surface area contributed by atoms with Crippen molar-refractivity contribution in [3.63, 3.8) is 0 Å². The molecule has 3 aromatic rings. The van der Waals surface area contributed by atoms with Crippen molar-refractivity contribution in [1.82, 2.24) is 10.2 Å². The van der Waals surface area contributed by atoms with Crippen LogP contribution in [-0.4, -0.2) is 35.9 Å². The first-order valence-corrected chi connectivity index (χ1v) is 12.7. The molecule has 0 heterocycles. The third kappa shape index (κ3) is 8.25. The molecule has 5 nitrogen and oxygen atoms in total. The Morgan fingerprint density at radius 1 is 0.943 bits per heavy atom. The fourth-order valence-electron chi connectivity index (χ4n) is 3.71. The van der Waals surface area contributed by atoms with Crippen molar-refractivity contribution in [1.29, 1.82) is 0 Å². The average Bonchev–Trinajstić information content (AvgIpc) is 2.85. The summed E-state index contributed by atoms with van der Waals surface area (Å²) in [6.45, 7) is 6.83. The molecule has 0 aliphatic rings. The van der Waals surface area contributed by atoms with Crippen LogP contribution in [0, 0.1) is 12.8 Å². The number of nitrogens with one attached hydrogen (secondary N) is 1. The van der Waals surface area contributed by atoms with Crippen molar-refractivity contribution < 1.29 is 14.3 Å². The summed E-state index contributed by atoms with van der Waals surface area (Å²) in [6, 6.07) is 24.4. The maximum absolute atomic E-state index is 13.6. The molecule has 1 atom stereocenters. The Morgan fingerprint density at radius 3 is 2.26 bits per heavy atom. The zero-order valence-electron chi connectivity index (χ0n) is 20.5. The van der Waals surface area contributed by atoms with Crippen molar-refractivity contribution in [3.8, 4) is 5.75 Å². The van der Waals surface area contributed by atoms with E-state index in [9.17, 15) is 9.59 Å². The van der Waals surface area contributed by atoms with Crippen LogP contribution in [0.5, 0.6) is 5.75 Å². The average molecular weight is 537 g/mol. The predicted octanol–water partition coefficient (Wildman–Crippen LogP) is 5.55.